The molecule has 0 atom stereocenters. The number of rotatable bonds is 5. The van der Waals surface area contributed by atoms with E-state index in [0.29, 0.717) is 6.54 Å². The lowest BCUT2D eigenvalue weighted by atomic mass is 10.3. The average Bonchev–Trinajstić information content (AvgIpc) is 2.41. The molecular formula is C13H13F2N3O. The minimum Gasteiger partial charge on any atom is -0.434 e. The fourth-order valence-corrected chi connectivity index (χ4v) is 1.42. The normalized spacial score (nSPS) is 10.5. The first-order chi connectivity index (χ1) is 9.19. The van der Waals surface area contributed by atoms with Crippen molar-refractivity contribution in [1.82, 2.24) is 15.5 Å². The molecule has 2 rings (SSSR count). The van der Waals surface area contributed by atoms with Gasteiger partial charge in [0, 0.05) is 18.7 Å². The summed E-state index contributed by atoms with van der Waals surface area (Å²) in [5.41, 5.74) is 0.758. The number of halogens is 2. The third-order valence-corrected chi connectivity index (χ3v) is 2.36. The summed E-state index contributed by atoms with van der Waals surface area (Å²) in [4.78, 5) is 0. The van der Waals surface area contributed by atoms with Gasteiger partial charge in [0.25, 0.3) is 0 Å². The van der Waals surface area contributed by atoms with Gasteiger partial charge in [0.15, 0.2) is 11.6 Å². The summed E-state index contributed by atoms with van der Waals surface area (Å²) in [6, 6.07) is 6.39. The van der Waals surface area contributed by atoms with Crippen LogP contribution in [0.5, 0.6) is 11.6 Å². The summed E-state index contributed by atoms with van der Waals surface area (Å²) in [6.45, 7) is 3.43. The monoisotopic (exact) mass is 265 g/mol. The maximum Gasteiger partial charge on any atom is 0.239 e. The van der Waals surface area contributed by atoms with Crippen LogP contribution < -0.4 is 10.1 Å². The Morgan fingerprint density at radius 1 is 1.16 bits per heavy atom. The van der Waals surface area contributed by atoms with Gasteiger partial charge in [-0.25, -0.2) is 8.78 Å². The lowest BCUT2D eigenvalue weighted by Gasteiger charge is -2.06. The van der Waals surface area contributed by atoms with Crippen molar-refractivity contribution in [2.75, 3.05) is 6.54 Å². The highest BCUT2D eigenvalue weighted by Crippen LogP contribution is 2.22. The van der Waals surface area contributed by atoms with Crippen LogP contribution in [0.4, 0.5) is 8.78 Å². The molecule has 0 bridgehead atoms. The zero-order valence-corrected chi connectivity index (χ0v) is 10.4. The van der Waals surface area contributed by atoms with E-state index in [1.807, 2.05) is 6.92 Å². The summed E-state index contributed by atoms with van der Waals surface area (Å²) >= 11 is 0. The molecule has 4 nitrogen and oxygen atoms in total. The lowest BCUT2D eigenvalue weighted by molar-refractivity contribution is 0.417. The van der Waals surface area contributed by atoms with Crippen LogP contribution in [0.2, 0.25) is 0 Å². The smallest absolute Gasteiger partial charge is 0.239 e. The van der Waals surface area contributed by atoms with Crippen LogP contribution in [0, 0.1) is 11.6 Å². The van der Waals surface area contributed by atoms with E-state index in [1.54, 1.807) is 12.1 Å². The van der Waals surface area contributed by atoms with Crippen molar-refractivity contribution in [3.8, 4) is 11.6 Å². The molecular weight excluding hydrogens is 252 g/mol. The van der Waals surface area contributed by atoms with Gasteiger partial charge in [0.1, 0.15) is 5.82 Å². The van der Waals surface area contributed by atoms with E-state index in [-0.39, 0.29) is 11.6 Å². The maximum atomic E-state index is 13.4. The number of ether oxygens (including phenoxy) is 1. The molecule has 6 heteroatoms. The van der Waals surface area contributed by atoms with Crippen molar-refractivity contribution in [3.63, 3.8) is 0 Å². The zero-order valence-electron chi connectivity index (χ0n) is 10.4. The second-order valence-corrected chi connectivity index (χ2v) is 3.82. The molecule has 0 unspecified atom stereocenters. The van der Waals surface area contributed by atoms with Crippen LogP contribution >= 0.6 is 0 Å². The van der Waals surface area contributed by atoms with Gasteiger partial charge < -0.3 is 10.1 Å². The molecule has 1 aromatic carbocycles. The minimum absolute atomic E-state index is 0.0878. The lowest BCUT2D eigenvalue weighted by Crippen LogP contribution is -2.13. The van der Waals surface area contributed by atoms with Gasteiger partial charge >= 0.3 is 0 Å². The average molecular weight is 265 g/mol. The molecule has 0 aliphatic rings. The first-order valence-corrected chi connectivity index (χ1v) is 5.85. The van der Waals surface area contributed by atoms with E-state index < -0.39 is 11.6 Å². The third kappa shape index (κ3) is 3.69. The minimum atomic E-state index is -0.779. The van der Waals surface area contributed by atoms with Crippen molar-refractivity contribution in [2.45, 2.75) is 13.5 Å². The van der Waals surface area contributed by atoms with E-state index in [1.165, 1.54) is 6.07 Å². The van der Waals surface area contributed by atoms with Crippen LogP contribution in [0.1, 0.15) is 12.6 Å². The largest absolute Gasteiger partial charge is 0.434 e. The first kappa shape index (κ1) is 13.4. The van der Waals surface area contributed by atoms with Crippen molar-refractivity contribution in [3.05, 3.63) is 47.7 Å². The van der Waals surface area contributed by atoms with Gasteiger partial charge in [-0.1, -0.05) is 6.92 Å². The van der Waals surface area contributed by atoms with Crippen molar-refractivity contribution in [1.29, 1.82) is 0 Å². The van der Waals surface area contributed by atoms with Gasteiger partial charge in [-0.3, -0.25) is 0 Å². The second-order valence-electron chi connectivity index (χ2n) is 3.82. The summed E-state index contributed by atoms with van der Waals surface area (Å²) in [7, 11) is 0. The van der Waals surface area contributed by atoms with Crippen LogP contribution in [-0.2, 0) is 6.54 Å². The Labute approximate surface area is 109 Å². The van der Waals surface area contributed by atoms with Gasteiger partial charge in [0.2, 0.25) is 5.88 Å². The third-order valence-electron chi connectivity index (χ3n) is 2.36. The molecule has 0 aliphatic carbocycles. The van der Waals surface area contributed by atoms with Gasteiger partial charge in [-0.05, 0) is 24.7 Å². The van der Waals surface area contributed by atoms with Crippen molar-refractivity contribution < 1.29 is 13.5 Å². The van der Waals surface area contributed by atoms with E-state index in [2.05, 4.69) is 15.5 Å². The molecule has 1 heterocycles. The van der Waals surface area contributed by atoms with Crippen LogP contribution in [0.25, 0.3) is 0 Å². The van der Waals surface area contributed by atoms with Crippen molar-refractivity contribution >= 4 is 0 Å². The van der Waals surface area contributed by atoms with Crippen LogP contribution in [0.15, 0.2) is 30.3 Å². The molecule has 0 spiro atoms. The first-order valence-electron chi connectivity index (χ1n) is 5.85. The Morgan fingerprint density at radius 3 is 2.63 bits per heavy atom. The number of benzene rings is 1. The summed E-state index contributed by atoms with van der Waals surface area (Å²) in [5.74, 6) is -1.36. The molecule has 0 saturated carbocycles. The fourth-order valence-electron chi connectivity index (χ4n) is 1.42. The topological polar surface area (TPSA) is 47.0 Å². The zero-order chi connectivity index (χ0) is 13.7. The maximum absolute atomic E-state index is 13.4. The molecule has 1 aromatic heterocycles. The summed E-state index contributed by atoms with van der Waals surface area (Å²) in [5, 5.41) is 10.8. The van der Waals surface area contributed by atoms with Crippen LogP contribution in [0.3, 0.4) is 0 Å². The predicted octanol–water partition coefficient (Wildman–Crippen LogP) is 2.66. The number of nitrogens with one attached hydrogen (secondary N) is 1. The van der Waals surface area contributed by atoms with Crippen LogP contribution in [-0.4, -0.2) is 16.7 Å². The Hall–Kier alpha value is -2.08. The highest BCUT2D eigenvalue weighted by Gasteiger charge is 2.07. The molecule has 19 heavy (non-hydrogen) atoms. The number of nitrogens with zero attached hydrogens (tertiary/aromatic N) is 2. The molecule has 0 radical (unpaired) electrons. The number of hydrogen-bond acceptors (Lipinski definition) is 4. The molecule has 0 aliphatic heterocycles. The fraction of sp³-hybridized carbons (Fsp3) is 0.231. The predicted molar refractivity (Wildman–Crippen MR) is 65.8 cm³/mol. The summed E-state index contributed by atoms with van der Waals surface area (Å²) < 4.78 is 31.3. The number of hydrogen-bond donors (Lipinski definition) is 1. The molecule has 0 fully saturated rings. The molecule has 1 N–H and O–H groups in total. The number of aromatic nitrogens is 2. The molecule has 0 amide bonds. The second kappa shape index (κ2) is 6.19. The van der Waals surface area contributed by atoms with Crippen molar-refractivity contribution in [2.24, 2.45) is 0 Å². The Morgan fingerprint density at radius 2 is 2.00 bits per heavy atom. The molecule has 100 valence electrons. The SMILES string of the molecule is CCNCc1ccc(Oc2ccc(F)cc2F)nn1. The highest BCUT2D eigenvalue weighted by molar-refractivity contribution is 5.28. The molecule has 0 saturated heterocycles. The Balaban J connectivity index is 2.06. The van der Waals surface area contributed by atoms with Gasteiger partial charge in [-0.2, -0.15) is 5.10 Å². The van der Waals surface area contributed by atoms with Gasteiger partial charge in [0.05, 0.1) is 5.69 Å². The summed E-state index contributed by atoms with van der Waals surface area (Å²) in [6.07, 6.45) is 0. The quantitative estimate of drug-likeness (QED) is 0.902. The van der Waals surface area contributed by atoms with E-state index >= 15 is 0 Å². The van der Waals surface area contributed by atoms with E-state index in [4.69, 9.17) is 4.74 Å². The standard InChI is InChI=1S/C13H13F2N3O/c1-2-16-8-10-4-6-13(18-17-10)19-12-5-3-9(14)7-11(12)15/h3-7,16H,2,8H2,1H3. The van der Waals surface area contributed by atoms with Gasteiger partial charge in [-0.15, -0.1) is 5.10 Å². The van der Waals surface area contributed by atoms with E-state index in [9.17, 15) is 8.78 Å². The Bertz CT molecular complexity index is 546. The Kier molecular flexibility index (Phi) is 4.35. The highest BCUT2D eigenvalue weighted by atomic mass is 19.1. The van der Waals surface area contributed by atoms with E-state index in [0.717, 1.165) is 24.4 Å². The molecule has 2 aromatic rings.